The lowest BCUT2D eigenvalue weighted by Gasteiger charge is -2.21. The van der Waals surface area contributed by atoms with Gasteiger partial charge in [-0.3, -0.25) is 9.78 Å². The average molecular weight is 327 g/mol. The highest BCUT2D eigenvalue weighted by atomic mass is 32.2. The summed E-state index contributed by atoms with van der Waals surface area (Å²) in [7, 11) is 0. The van der Waals surface area contributed by atoms with Crippen LogP contribution in [-0.2, 0) is 19.5 Å². The number of hydrogen-bond donors (Lipinski definition) is 2. The molecule has 2 N–H and O–H groups in total. The fourth-order valence-corrected chi connectivity index (χ4v) is 3.57. The summed E-state index contributed by atoms with van der Waals surface area (Å²) in [6.45, 7) is 4.38. The van der Waals surface area contributed by atoms with Crippen LogP contribution in [0.2, 0.25) is 0 Å². The average Bonchev–Trinajstić information content (AvgIpc) is 2.60. The van der Waals surface area contributed by atoms with Gasteiger partial charge in [0, 0.05) is 29.9 Å². The zero-order chi connectivity index (χ0) is 16.2. The van der Waals surface area contributed by atoms with Gasteiger partial charge in [0.1, 0.15) is 0 Å². The third-order valence-electron chi connectivity index (χ3n) is 4.25. The predicted octanol–water partition coefficient (Wildman–Crippen LogP) is 2.69. The SMILES string of the molecule is CSc1ccccc1C(=O)NCc1c(C)ncc2c1CCNC2. The van der Waals surface area contributed by atoms with E-state index < -0.39 is 0 Å². The smallest absolute Gasteiger partial charge is 0.252 e. The summed E-state index contributed by atoms with van der Waals surface area (Å²) in [5, 5.41) is 6.43. The van der Waals surface area contributed by atoms with Crippen molar-refractivity contribution in [2.24, 2.45) is 0 Å². The summed E-state index contributed by atoms with van der Waals surface area (Å²) in [6.07, 6.45) is 4.93. The van der Waals surface area contributed by atoms with Crippen molar-refractivity contribution >= 4 is 17.7 Å². The molecule has 0 unspecified atom stereocenters. The highest BCUT2D eigenvalue weighted by Crippen LogP contribution is 2.22. The Kier molecular flexibility index (Phi) is 4.98. The largest absolute Gasteiger partial charge is 0.348 e. The Hall–Kier alpha value is -1.85. The first-order valence-corrected chi connectivity index (χ1v) is 9.01. The Labute approximate surface area is 141 Å². The van der Waals surface area contributed by atoms with Crippen molar-refractivity contribution in [1.29, 1.82) is 0 Å². The van der Waals surface area contributed by atoms with Crippen LogP contribution in [0.4, 0.5) is 0 Å². The van der Waals surface area contributed by atoms with E-state index in [1.807, 2.05) is 43.6 Å². The van der Waals surface area contributed by atoms with Crippen LogP contribution in [0.15, 0.2) is 35.4 Å². The van der Waals surface area contributed by atoms with E-state index in [1.165, 1.54) is 16.7 Å². The summed E-state index contributed by atoms with van der Waals surface area (Å²) in [4.78, 5) is 18.0. The van der Waals surface area contributed by atoms with Crippen molar-refractivity contribution in [2.75, 3.05) is 12.8 Å². The molecule has 0 spiro atoms. The standard InChI is InChI=1S/C18H21N3OS/c1-12-16(14-7-8-19-9-13(14)10-20-12)11-21-18(22)15-5-3-4-6-17(15)23-2/h3-6,10,19H,7-9,11H2,1-2H3,(H,21,22). The molecule has 1 amide bonds. The highest BCUT2D eigenvalue weighted by molar-refractivity contribution is 7.98. The van der Waals surface area contributed by atoms with Crippen LogP contribution < -0.4 is 10.6 Å². The molecule has 1 aliphatic heterocycles. The molecule has 0 fully saturated rings. The van der Waals surface area contributed by atoms with E-state index in [-0.39, 0.29) is 5.91 Å². The van der Waals surface area contributed by atoms with Crippen molar-refractivity contribution in [3.05, 3.63) is 58.4 Å². The van der Waals surface area contributed by atoms with Gasteiger partial charge < -0.3 is 10.6 Å². The van der Waals surface area contributed by atoms with E-state index in [4.69, 9.17) is 0 Å². The normalized spacial score (nSPS) is 13.5. The lowest BCUT2D eigenvalue weighted by molar-refractivity contribution is 0.0948. The molecule has 0 radical (unpaired) electrons. The summed E-state index contributed by atoms with van der Waals surface area (Å²) < 4.78 is 0. The van der Waals surface area contributed by atoms with E-state index >= 15 is 0 Å². The topological polar surface area (TPSA) is 54.0 Å². The van der Waals surface area contributed by atoms with E-state index in [1.54, 1.807) is 11.8 Å². The zero-order valence-electron chi connectivity index (χ0n) is 13.5. The number of benzene rings is 1. The van der Waals surface area contributed by atoms with Crippen LogP contribution in [0.5, 0.6) is 0 Å². The molecule has 23 heavy (non-hydrogen) atoms. The monoisotopic (exact) mass is 327 g/mol. The summed E-state index contributed by atoms with van der Waals surface area (Å²) in [5.41, 5.74) is 5.49. The number of fused-ring (bicyclic) bond motifs is 1. The molecule has 0 bridgehead atoms. The van der Waals surface area contributed by atoms with Gasteiger partial charge in [-0.15, -0.1) is 11.8 Å². The third kappa shape index (κ3) is 3.41. The van der Waals surface area contributed by atoms with Crippen molar-refractivity contribution in [3.8, 4) is 0 Å². The number of rotatable bonds is 4. The summed E-state index contributed by atoms with van der Waals surface area (Å²) in [5.74, 6) is -0.0270. The second kappa shape index (κ2) is 7.15. The van der Waals surface area contributed by atoms with Gasteiger partial charge in [-0.2, -0.15) is 0 Å². The summed E-state index contributed by atoms with van der Waals surface area (Å²) >= 11 is 1.59. The molecule has 1 aromatic heterocycles. The van der Waals surface area contributed by atoms with Gasteiger partial charge >= 0.3 is 0 Å². The minimum Gasteiger partial charge on any atom is -0.348 e. The molecule has 0 aliphatic carbocycles. The van der Waals surface area contributed by atoms with Gasteiger partial charge in [0.25, 0.3) is 5.91 Å². The number of carbonyl (C=O) groups is 1. The quantitative estimate of drug-likeness (QED) is 0.848. The number of hydrogen-bond acceptors (Lipinski definition) is 4. The molecule has 5 heteroatoms. The van der Waals surface area contributed by atoms with E-state index in [2.05, 4.69) is 15.6 Å². The number of thioether (sulfide) groups is 1. The predicted molar refractivity (Wildman–Crippen MR) is 93.8 cm³/mol. The number of aryl methyl sites for hydroxylation is 1. The Bertz CT molecular complexity index is 730. The van der Waals surface area contributed by atoms with Gasteiger partial charge in [0.05, 0.1) is 5.56 Å². The van der Waals surface area contributed by atoms with Crippen molar-refractivity contribution in [2.45, 2.75) is 31.3 Å². The minimum absolute atomic E-state index is 0.0270. The molecule has 0 saturated carbocycles. The molecule has 4 nitrogen and oxygen atoms in total. The fraction of sp³-hybridized carbons (Fsp3) is 0.333. The Morgan fingerprint density at radius 2 is 2.22 bits per heavy atom. The van der Waals surface area contributed by atoms with Gasteiger partial charge in [-0.25, -0.2) is 0 Å². The second-order valence-electron chi connectivity index (χ2n) is 5.64. The highest BCUT2D eigenvalue weighted by Gasteiger charge is 2.17. The Balaban J connectivity index is 1.80. The molecule has 120 valence electrons. The van der Waals surface area contributed by atoms with Crippen LogP contribution in [0.25, 0.3) is 0 Å². The lowest BCUT2D eigenvalue weighted by atomic mass is 9.96. The molecule has 1 aliphatic rings. The van der Waals surface area contributed by atoms with Crippen LogP contribution in [0.1, 0.15) is 32.7 Å². The molecule has 2 aromatic rings. The number of aromatic nitrogens is 1. The summed E-state index contributed by atoms with van der Waals surface area (Å²) in [6, 6.07) is 7.70. The van der Waals surface area contributed by atoms with Crippen molar-refractivity contribution in [1.82, 2.24) is 15.6 Å². The Morgan fingerprint density at radius 3 is 3.04 bits per heavy atom. The molecule has 2 heterocycles. The molecule has 0 saturated heterocycles. The van der Waals surface area contributed by atoms with Gasteiger partial charge in [-0.05, 0) is 55.0 Å². The zero-order valence-corrected chi connectivity index (χ0v) is 14.3. The van der Waals surface area contributed by atoms with E-state index in [0.717, 1.165) is 35.7 Å². The first-order valence-electron chi connectivity index (χ1n) is 7.79. The van der Waals surface area contributed by atoms with Crippen LogP contribution in [0.3, 0.4) is 0 Å². The van der Waals surface area contributed by atoms with Crippen molar-refractivity contribution in [3.63, 3.8) is 0 Å². The second-order valence-corrected chi connectivity index (χ2v) is 6.48. The number of nitrogens with zero attached hydrogens (tertiary/aromatic N) is 1. The first-order chi connectivity index (χ1) is 11.2. The van der Waals surface area contributed by atoms with Crippen LogP contribution in [-0.4, -0.2) is 23.7 Å². The fourth-order valence-electron chi connectivity index (χ4n) is 2.97. The number of nitrogens with one attached hydrogen (secondary N) is 2. The molecular weight excluding hydrogens is 306 g/mol. The van der Waals surface area contributed by atoms with Crippen molar-refractivity contribution < 1.29 is 4.79 Å². The first kappa shape index (κ1) is 16.0. The van der Waals surface area contributed by atoms with E-state index in [0.29, 0.717) is 6.54 Å². The maximum atomic E-state index is 12.5. The van der Waals surface area contributed by atoms with E-state index in [9.17, 15) is 4.79 Å². The van der Waals surface area contributed by atoms with Gasteiger partial charge in [0.2, 0.25) is 0 Å². The minimum atomic E-state index is -0.0270. The maximum Gasteiger partial charge on any atom is 0.252 e. The number of pyridine rings is 1. The van der Waals surface area contributed by atoms with Gasteiger partial charge in [0.15, 0.2) is 0 Å². The molecular formula is C18H21N3OS. The third-order valence-corrected chi connectivity index (χ3v) is 5.04. The Morgan fingerprint density at radius 1 is 1.39 bits per heavy atom. The van der Waals surface area contributed by atoms with Crippen LogP contribution in [0, 0.1) is 6.92 Å². The molecule has 1 aromatic carbocycles. The number of carbonyl (C=O) groups excluding carboxylic acids is 1. The number of amides is 1. The lowest BCUT2D eigenvalue weighted by Crippen LogP contribution is -2.29. The van der Waals surface area contributed by atoms with Crippen LogP contribution >= 0.6 is 11.8 Å². The maximum absolute atomic E-state index is 12.5. The molecule has 3 rings (SSSR count). The molecule has 0 atom stereocenters. The van der Waals surface area contributed by atoms with Gasteiger partial charge in [-0.1, -0.05) is 12.1 Å².